The van der Waals surface area contributed by atoms with Crippen LogP contribution in [0.4, 0.5) is 4.39 Å². The maximum Gasteiger partial charge on any atom is 0.328 e. The molecule has 1 fully saturated rings. The number of aromatic carboxylic acids is 1. The normalized spacial score (nSPS) is 14.6. The molecule has 3 aromatic carbocycles. The number of esters is 1. The number of ether oxygens (including phenoxy) is 3. The lowest BCUT2D eigenvalue weighted by Gasteiger charge is -2.32. The molecule has 1 unspecified atom stereocenters. The number of benzene rings is 3. The van der Waals surface area contributed by atoms with Crippen molar-refractivity contribution in [2.75, 3.05) is 27.3 Å². The Bertz CT molecular complexity index is 2110. The second-order valence-electron chi connectivity index (χ2n) is 13.2. The number of hydrogen-bond acceptors (Lipinski definition) is 10. The van der Waals surface area contributed by atoms with Gasteiger partial charge in [0.25, 0.3) is 0 Å². The average molecular weight is 809 g/mol. The summed E-state index contributed by atoms with van der Waals surface area (Å²) in [6, 6.07) is 21.9. The van der Waals surface area contributed by atoms with E-state index in [-0.39, 0.29) is 39.6 Å². The number of methoxy groups -OCH3 is 2. The lowest BCUT2D eigenvalue weighted by atomic mass is 9.85. The topological polar surface area (TPSA) is 124 Å². The van der Waals surface area contributed by atoms with Crippen LogP contribution >= 0.6 is 34.5 Å². The highest BCUT2D eigenvalue weighted by Crippen LogP contribution is 2.41. The first-order valence-electron chi connectivity index (χ1n) is 17.6. The van der Waals surface area contributed by atoms with Gasteiger partial charge in [-0.2, -0.15) is 0 Å². The monoisotopic (exact) mass is 807 g/mol. The van der Waals surface area contributed by atoms with E-state index in [2.05, 4.69) is 22.3 Å². The van der Waals surface area contributed by atoms with Gasteiger partial charge in [-0.25, -0.2) is 9.18 Å². The summed E-state index contributed by atoms with van der Waals surface area (Å²) in [7, 11) is 3.00. The molecule has 10 nitrogen and oxygen atoms in total. The smallest absolute Gasteiger partial charge is 0.328 e. The van der Waals surface area contributed by atoms with Crippen molar-refractivity contribution in [1.29, 1.82) is 0 Å². The molecule has 6 rings (SSSR count). The fourth-order valence-corrected chi connectivity index (χ4v) is 8.48. The van der Waals surface area contributed by atoms with Gasteiger partial charge in [-0.15, -0.1) is 11.3 Å². The van der Waals surface area contributed by atoms with E-state index in [0.29, 0.717) is 45.9 Å². The largest absolute Gasteiger partial charge is 0.544 e. The fourth-order valence-electron chi connectivity index (χ4n) is 6.87. The van der Waals surface area contributed by atoms with Crippen molar-refractivity contribution in [3.05, 3.63) is 145 Å². The number of nitrogens with one attached hydrogen (secondary N) is 1. The third-order valence-electron chi connectivity index (χ3n) is 9.66. The van der Waals surface area contributed by atoms with E-state index < -0.39 is 29.7 Å². The highest BCUT2D eigenvalue weighted by Gasteiger charge is 2.31. The first kappa shape index (κ1) is 40.0. The lowest BCUT2D eigenvalue weighted by Crippen LogP contribution is -2.39. The molecule has 0 amide bonds. The van der Waals surface area contributed by atoms with E-state index in [1.165, 1.54) is 44.3 Å². The molecule has 2 N–H and O–H groups in total. The molecule has 0 bridgehead atoms. The third-order valence-corrected chi connectivity index (χ3v) is 11.4. The number of carboxylic acid groups (broad SMARTS) is 1. The third kappa shape index (κ3) is 9.75. The molecule has 1 saturated heterocycles. The number of likely N-dealkylation sites (tertiary alicyclic amines) is 1. The summed E-state index contributed by atoms with van der Waals surface area (Å²) in [5, 5.41) is 26.2. The molecule has 1 aliphatic heterocycles. The van der Waals surface area contributed by atoms with Crippen LogP contribution in [0.5, 0.6) is 11.5 Å². The van der Waals surface area contributed by atoms with E-state index in [0.717, 1.165) is 35.7 Å². The number of carboxylic acids is 1. The molecule has 0 saturated carbocycles. The number of thiophene rings is 1. The number of piperidine rings is 1. The maximum absolute atomic E-state index is 15.2. The zero-order chi connectivity index (χ0) is 39.1. The Morgan fingerprint density at radius 3 is 2.29 bits per heavy atom. The summed E-state index contributed by atoms with van der Waals surface area (Å²) >= 11 is 14.1. The predicted octanol–water partition coefficient (Wildman–Crippen LogP) is 6.51. The van der Waals surface area contributed by atoms with Crippen LogP contribution in [0.1, 0.15) is 67.2 Å². The van der Waals surface area contributed by atoms with Crippen molar-refractivity contribution in [3.8, 4) is 11.5 Å². The zero-order valence-corrected chi connectivity index (χ0v) is 32.5. The summed E-state index contributed by atoms with van der Waals surface area (Å²) in [6.45, 7) is 2.30. The van der Waals surface area contributed by atoms with Crippen molar-refractivity contribution >= 4 is 46.5 Å². The number of nitrogens with zero attached hydrogens (tertiary/aromatic N) is 2. The zero-order valence-electron chi connectivity index (χ0n) is 30.2. The lowest BCUT2D eigenvalue weighted by molar-refractivity contribution is -0.904. The van der Waals surface area contributed by atoms with Crippen LogP contribution in [0.15, 0.2) is 91.3 Å². The Hall–Kier alpha value is -4.72. The first-order chi connectivity index (χ1) is 26.5. The molecule has 1 aliphatic rings. The number of halogens is 3. The molecular formula is C41H40Cl2FN3O7S. The van der Waals surface area contributed by atoms with Gasteiger partial charge in [0.1, 0.15) is 28.0 Å². The van der Waals surface area contributed by atoms with Gasteiger partial charge in [0.15, 0.2) is 11.5 Å². The standard InChI is InChI=1S/C41H40Cl2FN3O7S/c1-52-36-13-12-26(18-37(36)53-2)30(20-32-33(42)23-47(51)24-34(32)43)31-19-28(55-39(31)40(48)49)21-45-38(29-10-6-7-11-35(29)44)41(50)54-27-14-16-46(17-15-27)22-25-8-4-3-5-9-25/h3-13,18-19,23-24,27,30,38,45H,14-17,20-22H2,1-2H3,(H-,48,49,51)/t30-,38?/m0/s1. The molecule has 0 aliphatic carbocycles. The minimum absolute atomic E-state index is 0.00455. The molecule has 2 aromatic heterocycles. The summed E-state index contributed by atoms with van der Waals surface area (Å²) in [4.78, 5) is 29.3. The first-order valence-corrected chi connectivity index (χ1v) is 19.2. The highest BCUT2D eigenvalue weighted by molar-refractivity contribution is 7.14. The number of aromatic nitrogens is 1. The van der Waals surface area contributed by atoms with Gasteiger partial charge >= 0.3 is 5.97 Å². The quantitative estimate of drug-likeness (QED) is 0.0692. The van der Waals surface area contributed by atoms with E-state index in [9.17, 15) is 19.9 Å². The van der Waals surface area contributed by atoms with Crippen LogP contribution in [-0.2, 0) is 29.0 Å². The van der Waals surface area contributed by atoms with Crippen molar-refractivity contribution in [1.82, 2.24) is 10.2 Å². The van der Waals surface area contributed by atoms with Crippen LogP contribution in [-0.4, -0.2) is 55.5 Å². The Morgan fingerprint density at radius 2 is 1.64 bits per heavy atom. The minimum atomic E-state index is -1.40. The van der Waals surface area contributed by atoms with Gasteiger partial charge in [0.05, 0.1) is 25.1 Å². The van der Waals surface area contributed by atoms with Gasteiger partial charge in [0, 0.05) is 52.8 Å². The average Bonchev–Trinajstić information content (AvgIpc) is 3.60. The van der Waals surface area contributed by atoms with Gasteiger partial charge in [0.2, 0.25) is 12.4 Å². The maximum atomic E-state index is 15.2. The van der Waals surface area contributed by atoms with Crippen molar-refractivity contribution in [2.45, 2.75) is 50.4 Å². The molecule has 5 aromatic rings. The molecular weight excluding hydrogens is 768 g/mol. The van der Waals surface area contributed by atoms with Crippen LogP contribution in [0, 0.1) is 5.82 Å². The number of hydrogen-bond donors (Lipinski definition) is 2. The Labute approximate surface area is 332 Å². The Morgan fingerprint density at radius 1 is 0.964 bits per heavy atom. The van der Waals surface area contributed by atoms with Crippen LogP contribution in [0.25, 0.3) is 0 Å². The van der Waals surface area contributed by atoms with Crippen LogP contribution in [0.2, 0.25) is 10.0 Å². The predicted molar refractivity (Wildman–Crippen MR) is 204 cm³/mol. The van der Waals surface area contributed by atoms with Crippen LogP contribution in [0.3, 0.4) is 0 Å². The summed E-state index contributed by atoms with van der Waals surface area (Å²) in [5.41, 5.74) is 2.85. The number of carbonyl (C=O) groups is 2. The van der Waals surface area contributed by atoms with Gasteiger partial charge in [-0.1, -0.05) is 77.8 Å². The summed E-state index contributed by atoms with van der Waals surface area (Å²) in [5.74, 6) is -2.36. The van der Waals surface area contributed by atoms with E-state index >= 15 is 4.39 Å². The molecule has 3 heterocycles. The second-order valence-corrected chi connectivity index (χ2v) is 15.2. The molecule has 288 valence electrons. The number of carbonyl (C=O) groups excluding carboxylic acids is 2. The summed E-state index contributed by atoms with van der Waals surface area (Å²) in [6.07, 6.45) is 3.63. The molecule has 2 atom stereocenters. The van der Waals surface area contributed by atoms with E-state index in [1.54, 1.807) is 36.4 Å². The van der Waals surface area contributed by atoms with Crippen molar-refractivity contribution < 1.29 is 43.2 Å². The SMILES string of the molecule is COc1ccc([C@H](Cc2c(Cl)c[n+](O)cc2Cl)c2cc(CNC(C(=O)OC3CCN(Cc4ccccc4)CC3)c3ccccc3F)sc2C(=O)[O-])cc1OC. The molecule has 0 spiro atoms. The van der Waals surface area contributed by atoms with E-state index in [4.69, 9.17) is 37.4 Å². The second kappa shape index (κ2) is 18.3. The van der Waals surface area contributed by atoms with Gasteiger partial charge in [-0.3, -0.25) is 15.4 Å². The Kier molecular flexibility index (Phi) is 13.3. The van der Waals surface area contributed by atoms with Gasteiger partial charge < -0.3 is 24.1 Å². The van der Waals surface area contributed by atoms with Crippen molar-refractivity contribution in [3.63, 3.8) is 0 Å². The molecule has 14 heteroatoms. The summed E-state index contributed by atoms with van der Waals surface area (Å²) < 4.78 is 33.0. The highest BCUT2D eigenvalue weighted by atomic mass is 35.5. The van der Waals surface area contributed by atoms with Crippen LogP contribution < -0.4 is 24.6 Å². The fraction of sp³-hybridized carbons (Fsp3) is 0.293. The van der Waals surface area contributed by atoms with E-state index in [1.807, 2.05) is 18.2 Å². The Balaban J connectivity index is 1.26. The molecule has 0 radical (unpaired) electrons. The van der Waals surface area contributed by atoms with Gasteiger partial charge in [-0.05, 0) is 60.2 Å². The minimum Gasteiger partial charge on any atom is -0.544 e. The molecule has 55 heavy (non-hydrogen) atoms. The number of pyridine rings is 1. The van der Waals surface area contributed by atoms with Crippen molar-refractivity contribution in [2.24, 2.45) is 0 Å². The number of rotatable bonds is 15.